The molecule has 116 valence electrons. The highest BCUT2D eigenvalue weighted by Crippen LogP contribution is 2.43. The summed E-state index contributed by atoms with van der Waals surface area (Å²) in [5.74, 6) is 0.224. The zero-order valence-corrected chi connectivity index (χ0v) is 12.1. The maximum atomic E-state index is 13.5. The first kappa shape index (κ1) is 13.8. The minimum absolute atomic E-state index is 0.0576. The molecule has 4 rings (SSSR count). The first-order valence-corrected chi connectivity index (χ1v) is 7.76. The van der Waals surface area contributed by atoms with Crippen LogP contribution in [0.3, 0.4) is 0 Å². The summed E-state index contributed by atoms with van der Waals surface area (Å²) in [6.45, 7) is 0. The van der Waals surface area contributed by atoms with E-state index in [0.717, 1.165) is 18.4 Å². The predicted molar refractivity (Wildman–Crippen MR) is 78.5 cm³/mol. The van der Waals surface area contributed by atoms with Crippen LogP contribution in [-0.4, -0.2) is 32.0 Å². The lowest BCUT2D eigenvalue weighted by Gasteiger charge is -2.44. The van der Waals surface area contributed by atoms with E-state index in [9.17, 15) is 9.50 Å². The summed E-state index contributed by atoms with van der Waals surface area (Å²) in [7, 11) is 0. The lowest BCUT2D eigenvalue weighted by molar-refractivity contribution is -0.0128. The Morgan fingerprint density at radius 3 is 2.86 bits per heavy atom. The number of aliphatic hydroxyl groups excluding tert-OH is 1. The van der Waals surface area contributed by atoms with E-state index in [0.29, 0.717) is 12.3 Å². The third kappa shape index (κ3) is 2.53. The van der Waals surface area contributed by atoms with E-state index in [1.54, 1.807) is 23.1 Å². The molecule has 0 bridgehead atoms. The molecule has 4 atom stereocenters. The molecule has 2 saturated carbocycles. The topological polar surface area (TPSA) is 63.0 Å². The van der Waals surface area contributed by atoms with Crippen molar-refractivity contribution in [2.45, 2.75) is 43.5 Å². The van der Waals surface area contributed by atoms with Crippen LogP contribution in [-0.2, 0) is 0 Å². The Balaban J connectivity index is 1.53. The maximum Gasteiger partial charge on any atom is 0.141 e. The van der Waals surface area contributed by atoms with Gasteiger partial charge in [0.25, 0.3) is 0 Å². The highest BCUT2D eigenvalue weighted by Gasteiger charge is 2.44. The molecular formula is C16H19FN4O. The molecule has 22 heavy (non-hydrogen) atoms. The average molecular weight is 302 g/mol. The molecule has 5 nitrogen and oxygen atoms in total. The Hall–Kier alpha value is -1.79. The van der Waals surface area contributed by atoms with Crippen molar-refractivity contribution in [2.75, 3.05) is 0 Å². The van der Waals surface area contributed by atoms with Crippen molar-refractivity contribution >= 4 is 0 Å². The van der Waals surface area contributed by atoms with Crippen molar-refractivity contribution in [3.05, 3.63) is 48.3 Å². The van der Waals surface area contributed by atoms with Crippen molar-refractivity contribution < 1.29 is 9.50 Å². The van der Waals surface area contributed by atoms with Crippen LogP contribution in [0.5, 0.6) is 0 Å². The van der Waals surface area contributed by atoms with E-state index in [-0.39, 0.29) is 30.0 Å². The van der Waals surface area contributed by atoms with E-state index < -0.39 is 0 Å². The molecule has 2 aromatic rings. The van der Waals surface area contributed by atoms with Gasteiger partial charge in [0.05, 0.1) is 18.3 Å². The fourth-order valence-corrected chi connectivity index (χ4v) is 3.36. The fourth-order valence-electron chi connectivity index (χ4n) is 3.36. The number of hydrogen-bond acceptors (Lipinski definition) is 4. The number of nitrogens with one attached hydrogen (secondary N) is 1. The number of pyridine rings is 1. The second-order valence-corrected chi connectivity index (χ2v) is 6.30. The molecule has 0 saturated heterocycles. The third-order valence-electron chi connectivity index (χ3n) is 4.70. The molecule has 2 aromatic heterocycles. The zero-order chi connectivity index (χ0) is 15.1. The molecule has 1 unspecified atom stereocenters. The first-order chi connectivity index (χ1) is 10.7. The number of nitrogens with zero attached hydrogens (tertiary/aromatic N) is 3. The zero-order valence-electron chi connectivity index (χ0n) is 12.1. The van der Waals surface area contributed by atoms with Gasteiger partial charge in [-0.1, -0.05) is 0 Å². The highest BCUT2D eigenvalue weighted by atomic mass is 19.1. The Morgan fingerprint density at radius 1 is 1.36 bits per heavy atom. The van der Waals surface area contributed by atoms with Crippen LogP contribution in [0.1, 0.15) is 36.9 Å². The second kappa shape index (κ2) is 5.44. The summed E-state index contributed by atoms with van der Waals surface area (Å²) in [6.07, 6.45) is 9.16. The lowest BCUT2D eigenvalue weighted by atomic mass is 9.82. The van der Waals surface area contributed by atoms with Crippen LogP contribution < -0.4 is 5.32 Å². The molecule has 2 N–H and O–H groups in total. The summed E-state index contributed by atoms with van der Waals surface area (Å²) >= 11 is 0. The average Bonchev–Trinajstić information content (AvgIpc) is 3.20. The molecule has 0 aromatic carbocycles. The van der Waals surface area contributed by atoms with Gasteiger partial charge in [-0.05, 0) is 42.9 Å². The van der Waals surface area contributed by atoms with Gasteiger partial charge in [0.1, 0.15) is 5.82 Å². The van der Waals surface area contributed by atoms with Gasteiger partial charge in [0.2, 0.25) is 0 Å². The first-order valence-electron chi connectivity index (χ1n) is 7.76. The quantitative estimate of drug-likeness (QED) is 0.884. The highest BCUT2D eigenvalue weighted by molar-refractivity contribution is 5.19. The standard InChI is InChI=1S/C16H19FN4O/c17-12-6-11(8-18-9-12)15(10-2-3-10)20-13-7-14(22)16(13)21-5-1-4-19-21/h1,4-6,8-10,13-16,20,22H,2-3,7H2/t13-,14+,15?,16+/m0/s1. The van der Waals surface area contributed by atoms with Crippen LogP contribution >= 0.6 is 0 Å². The lowest BCUT2D eigenvalue weighted by Crippen LogP contribution is -2.55. The van der Waals surface area contributed by atoms with Crippen LogP contribution in [0.2, 0.25) is 0 Å². The normalized spacial score (nSPS) is 29.1. The van der Waals surface area contributed by atoms with Crippen LogP contribution in [0.25, 0.3) is 0 Å². The molecule has 0 spiro atoms. The number of aliphatic hydroxyl groups is 1. The fraction of sp³-hybridized carbons (Fsp3) is 0.500. The van der Waals surface area contributed by atoms with Crippen LogP contribution in [0.15, 0.2) is 36.9 Å². The largest absolute Gasteiger partial charge is 0.391 e. The van der Waals surface area contributed by atoms with Gasteiger partial charge in [-0.2, -0.15) is 5.10 Å². The monoisotopic (exact) mass is 302 g/mol. The molecule has 6 heteroatoms. The molecule has 2 fully saturated rings. The molecule has 2 aliphatic rings. The summed E-state index contributed by atoms with van der Waals surface area (Å²) in [4.78, 5) is 3.97. The summed E-state index contributed by atoms with van der Waals surface area (Å²) < 4.78 is 15.3. The Labute approximate surface area is 128 Å². The molecular weight excluding hydrogens is 283 g/mol. The van der Waals surface area contributed by atoms with Gasteiger partial charge in [-0.3, -0.25) is 9.67 Å². The Bertz CT molecular complexity index is 643. The van der Waals surface area contributed by atoms with Gasteiger partial charge in [0, 0.05) is 30.7 Å². The molecule has 2 aliphatic carbocycles. The van der Waals surface area contributed by atoms with E-state index >= 15 is 0 Å². The van der Waals surface area contributed by atoms with E-state index in [2.05, 4.69) is 15.4 Å². The summed E-state index contributed by atoms with van der Waals surface area (Å²) in [5.41, 5.74) is 0.892. The minimum atomic E-state index is -0.386. The maximum absolute atomic E-state index is 13.5. The van der Waals surface area contributed by atoms with E-state index in [1.165, 1.54) is 6.20 Å². The van der Waals surface area contributed by atoms with Crippen LogP contribution in [0.4, 0.5) is 4.39 Å². The molecule has 0 radical (unpaired) electrons. The molecule has 0 amide bonds. The van der Waals surface area contributed by atoms with Crippen LogP contribution in [0, 0.1) is 11.7 Å². The number of rotatable bonds is 5. The smallest absolute Gasteiger partial charge is 0.141 e. The number of halogens is 1. The number of aromatic nitrogens is 3. The van der Waals surface area contributed by atoms with Crippen molar-refractivity contribution in [3.8, 4) is 0 Å². The summed E-state index contributed by atoms with van der Waals surface area (Å²) in [5, 5.41) is 17.9. The van der Waals surface area contributed by atoms with Crippen molar-refractivity contribution in [1.82, 2.24) is 20.1 Å². The van der Waals surface area contributed by atoms with Crippen molar-refractivity contribution in [2.24, 2.45) is 5.92 Å². The Kier molecular flexibility index (Phi) is 3.43. The predicted octanol–water partition coefficient (Wildman–Crippen LogP) is 1.83. The molecule has 0 aliphatic heterocycles. The second-order valence-electron chi connectivity index (χ2n) is 6.30. The van der Waals surface area contributed by atoms with Crippen molar-refractivity contribution in [1.29, 1.82) is 0 Å². The van der Waals surface area contributed by atoms with Crippen molar-refractivity contribution in [3.63, 3.8) is 0 Å². The molecule has 2 heterocycles. The summed E-state index contributed by atoms with van der Waals surface area (Å²) in [6, 6.07) is 3.60. The Morgan fingerprint density at radius 2 is 2.23 bits per heavy atom. The minimum Gasteiger partial charge on any atom is -0.391 e. The van der Waals surface area contributed by atoms with Gasteiger partial charge in [-0.25, -0.2) is 4.39 Å². The SMILES string of the molecule is O[C@@H]1C[C@H](NC(c2cncc(F)c2)C2CC2)[C@H]1n1cccn1. The van der Waals surface area contributed by atoms with Gasteiger partial charge in [-0.15, -0.1) is 0 Å². The third-order valence-corrected chi connectivity index (χ3v) is 4.70. The van der Waals surface area contributed by atoms with Gasteiger partial charge >= 0.3 is 0 Å². The van der Waals surface area contributed by atoms with Gasteiger partial charge < -0.3 is 10.4 Å². The van der Waals surface area contributed by atoms with E-state index in [1.807, 2.05) is 12.3 Å². The van der Waals surface area contributed by atoms with Gasteiger partial charge in [0.15, 0.2) is 0 Å². The number of hydrogen-bond donors (Lipinski definition) is 2. The van der Waals surface area contributed by atoms with E-state index in [4.69, 9.17) is 0 Å².